The van der Waals surface area contributed by atoms with Crippen LogP contribution in [0.5, 0.6) is 0 Å². The Balaban J connectivity index is 1.61. The van der Waals surface area contributed by atoms with E-state index in [0.717, 1.165) is 35.9 Å². The lowest BCUT2D eigenvalue weighted by Gasteiger charge is -2.22. The smallest absolute Gasteiger partial charge is 0.138 e. The summed E-state index contributed by atoms with van der Waals surface area (Å²) in [4.78, 5) is 0. The molecule has 1 heterocycles. The maximum Gasteiger partial charge on any atom is 0.138 e. The molecule has 0 amide bonds. The minimum atomic E-state index is 0.743. The summed E-state index contributed by atoms with van der Waals surface area (Å²) in [5.74, 6) is 2.91. The van der Waals surface area contributed by atoms with Crippen LogP contribution < -0.4 is 5.32 Å². The highest BCUT2D eigenvalue weighted by molar-refractivity contribution is 5.20. The van der Waals surface area contributed by atoms with Crippen LogP contribution in [-0.2, 0) is 6.54 Å². The maximum atomic E-state index is 5.18. The molecule has 2 bridgehead atoms. The third-order valence-corrected chi connectivity index (χ3v) is 4.46. The topological polar surface area (TPSA) is 38.1 Å². The second-order valence-corrected chi connectivity index (χ2v) is 5.46. The van der Waals surface area contributed by atoms with Gasteiger partial charge in [-0.1, -0.05) is 11.6 Å². The molecule has 3 rings (SSSR count). The number of nitrogens with one attached hydrogen (secondary N) is 1. The van der Waals surface area contributed by atoms with Crippen molar-refractivity contribution in [3.8, 4) is 0 Å². The fourth-order valence-corrected chi connectivity index (χ4v) is 3.48. The van der Waals surface area contributed by atoms with Gasteiger partial charge in [-0.3, -0.25) is 0 Å². The standard InChI is InChI=1S/C13H20N2O/c1-8-12(9(2)16-15-8)7-14-13-6-10-3-4-11(13)5-10/h10-11,13-14H,3-7H2,1-2H3. The van der Waals surface area contributed by atoms with Crippen molar-refractivity contribution >= 4 is 0 Å². The van der Waals surface area contributed by atoms with Gasteiger partial charge < -0.3 is 9.84 Å². The molecule has 1 aromatic heterocycles. The van der Waals surface area contributed by atoms with Gasteiger partial charge in [-0.2, -0.15) is 0 Å². The normalized spacial score (nSPS) is 32.5. The molecule has 0 aromatic carbocycles. The third kappa shape index (κ3) is 1.67. The zero-order valence-electron chi connectivity index (χ0n) is 10.1. The van der Waals surface area contributed by atoms with Crippen LogP contribution in [0.2, 0.25) is 0 Å². The molecule has 3 nitrogen and oxygen atoms in total. The average molecular weight is 220 g/mol. The highest BCUT2D eigenvalue weighted by atomic mass is 16.5. The molecule has 1 aromatic rings. The first-order chi connectivity index (χ1) is 7.74. The van der Waals surface area contributed by atoms with Gasteiger partial charge >= 0.3 is 0 Å². The van der Waals surface area contributed by atoms with Crippen molar-refractivity contribution in [1.29, 1.82) is 0 Å². The second kappa shape index (κ2) is 3.88. The van der Waals surface area contributed by atoms with Crippen molar-refractivity contribution < 1.29 is 4.52 Å². The zero-order valence-corrected chi connectivity index (χ0v) is 10.1. The quantitative estimate of drug-likeness (QED) is 0.850. The number of fused-ring (bicyclic) bond motifs is 2. The number of hydrogen-bond donors (Lipinski definition) is 1. The Morgan fingerprint density at radius 2 is 2.19 bits per heavy atom. The molecule has 0 aliphatic heterocycles. The first kappa shape index (κ1) is 10.3. The van der Waals surface area contributed by atoms with Crippen LogP contribution in [0.25, 0.3) is 0 Å². The number of hydrogen-bond acceptors (Lipinski definition) is 3. The lowest BCUT2D eigenvalue weighted by Crippen LogP contribution is -2.33. The van der Waals surface area contributed by atoms with E-state index in [1.165, 1.54) is 31.2 Å². The third-order valence-electron chi connectivity index (χ3n) is 4.46. The molecular formula is C13H20N2O. The van der Waals surface area contributed by atoms with E-state index < -0.39 is 0 Å². The van der Waals surface area contributed by atoms with Gasteiger partial charge in [0.2, 0.25) is 0 Å². The van der Waals surface area contributed by atoms with Crippen molar-refractivity contribution in [3.63, 3.8) is 0 Å². The molecule has 0 saturated heterocycles. The molecule has 2 saturated carbocycles. The SMILES string of the molecule is Cc1noc(C)c1CNC1CC2CCC1C2. The van der Waals surface area contributed by atoms with E-state index in [4.69, 9.17) is 4.52 Å². The fraction of sp³-hybridized carbons (Fsp3) is 0.769. The number of nitrogens with zero attached hydrogens (tertiary/aromatic N) is 1. The zero-order chi connectivity index (χ0) is 11.1. The van der Waals surface area contributed by atoms with Crippen LogP contribution in [0, 0.1) is 25.7 Å². The Labute approximate surface area is 96.6 Å². The Morgan fingerprint density at radius 3 is 2.75 bits per heavy atom. The van der Waals surface area contributed by atoms with Gasteiger partial charge in [0, 0.05) is 18.2 Å². The van der Waals surface area contributed by atoms with Gasteiger partial charge in [0.15, 0.2) is 0 Å². The Hall–Kier alpha value is -0.830. The first-order valence-corrected chi connectivity index (χ1v) is 6.39. The van der Waals surface area contributed by atoms with Crippen LogP contribution in [0.4, 0.5) is 0 Å². The number of rotatable bonds is 3. The lowest BCUT2D eigenvalue weighted by molar-refractivity contribution is 0.349. The van der Waals surface area contributed by atoms with Gasteiger partial charge in [0.25, 0.3) is 0 Å². The molecule has 16 heavy (non-hydrogen) atoms. The van der Waals surface area contributed by atoms with Crippen molar-refractivity contribution in [2.45, 2.75) is 52.1 Å². The van der Waals surface area contributed by atoms with Crippen molar-refractivity contribution in [2.24, 2.45) is 11.8 Å². The maximum absolute atomic E-state index is 5.18. The molecule has 2 aliphatic rings. The van der Waals surface area contributed by atoms with Gasteiger partial charge in [-0.25, -0.2) is 0 Å². The summed E-state index contributed by atoms with van der Waals surface area (Å²) in [5.41, 5.74) is 2.29. The molecule has 0 spiro atoms. The van der Waals surface area contributed by atoms with E-state index in [0.29, 0.717) is 0 Å². The minimum Gasteiger partial charge on any atom is -0.361 e. The van der Waals surface area contributed by atoms with Crippen molar-refractivity contribution in [1.82, 2.24) is 10.5 Å². The Morgan fingerprint density at radius 1 is 1.31 bits per heavy atom. The summed E-state index contributed by atoms with van der Waals surface area (Å²) >= 11 is 0. The largest absolute Gasteiger partial charge is 0.361 e. The summed E-state index contributed by atoms with van der Waals surface area (Å²) in [7, 11) is 0. The van der Waals surface area contributed by atoms with Crippen LogP contribution in [0.1, 0.15) is 42.7 Å². The Kier molecular flexibility index (Phi) is 2.51. The van der Waals surface area contributed by atoms with Crippen LogP contribution in [0.3, 0.4) is 0 Å². The molecule has 3 heteroatoms. The van der Waals surface area contributed by atoms with Gasteiger partial charge in [-0.05, 0) is 44.9 Å². The second-order valence-electron chi connectivity index (χ2n) is 5.46. The van der Waals surface area contributed by atoms with Crippen molar-refractivity contribution in [3.05, 3.63) is 17.0 Å². The highest BCUT2D eigenvalue weighted by Crippen LogP contribution is 2.44. The molecule has 88 valence electrons. The molecule has 3 atom stereocenters. The molecule has 2 fully saturated rings. The average Bonchev–Trinajstić information content (AvgIpc) is 2.94. The highest BCUT2D eigenvalue weighted by Gasteiger charge is 2.39. The predicted molar refractivity (Wildman–Crippen MR) is 62.1 cm³/mol. The van der Waals surface area contributed by atoms with E-state index in [1.807, 2.05) is 13.8 Å². The fourth-order valence-electron chi connectivity index (χ4n) is 3.48. The summed E-state index contributed by atoms with van der Waals surface area (Å²) in [6.45, 7) is 4.95. The molecule has 2 aliphatic carbocycles. The summed E-state index contributed by atoms with van der Waals surface area (Å²) in [6, 6.07) is 0.743. The summed E-state index contributed by atoms with van der Waals surface area (Å²) in [5, 5.41) is 7.69. The van der Waals surface area contributed by atoms with E-state index in [9.17, 15) is 0 Å². The first-order valence-electron chi connectivity index (χ1n) is 6.39. The predicted octanol–water partition coefficient (Wildman–Crippen LogP) is 2.57. The molecule has 0 radical (unpaired) electrons. The monoisotopic (exact) mass is 220 g/mol. The van der Waals surface area contributed by atoms with Crippen molar-refractivity contribution in [2.75, 3.05) is 0 Å². The minimum absolute atomic E-state index is 0.743. The summed E-state index contributed by atoms with van der Waals surface area (Å²) < 4.78 is 5.18. The number of aromatic nitrogens is 1. The van der Waals surface area contributed by atoms with E-state index in [-0.39, 0.29) is 0 Å². The van der Waals surface area contributed by atoms with Gasteiger partial charge in [-0.15, -0.1) is 0 Å². The molecule has 3 unspecified atom stereocenters. The summed E-state index contributed by atoms with van der Waals surface area (Å²) in [6.07, 6.45) is 5.74. The van der Waals surface area contributed by atoms with E-state index in [2.05, 4.69) is 10.5 Å². The van der Waals surface area contributed by atoms with Gasteiger partial charge in [0.05, 0.1) is 5.69 Å². The Bertz CT molecular complexity index is 366. The van der Waals surface area contributed by atoms with E-state index in [1.54, 1.807) is 0 Å². The van der Waals surface area contributed by atoms with Crippen LogP contribution >= 0.6 is 0 Å². The van der Waals surface area contributed by atoms with Crippen LogP contribution in [0.15, 0.2) is 4.52 Å². The van der Waals surface area contributed by atoms with Gasteiger partial charge in [0.1, 0.15) is 5.76 Å². The number of aryl methyl sites for hydroxylation is 2. The molecule has 1 N–H and O–H groups in total. The molecular weight excluding hydrogens is 200 g/mol. The van der Waals surface area contributed by atoms with Crippen LogP contribution in [-0.4, -0.2) is 11.2 Å². The lowest BCUT2D eigenvalue weighted by atomic mass is 9.95. The van der Waals surface area contributed by atoms with E-state index >= 15 is 0 Å².